The molecule has 0 atom stereocenters. The average molecular weight is 541 g/mol. The molecule has 0 saturated carbocycles. The zero-order chi connectivity index (χ0) is 26.9. The van der Waals surface area contributed by atoms with E-state index in [9.17, 15) is 14.3 Å². The third-order valence-corrected chi connectivity index (χ3v) is 7.03. The van der Waals surface area contributed by atoms with Gasteiger partial charge in [-0.2, -0.15) is 0 Å². The largest absolute Gasteiger partial charge is 0.465 e. The number of fused-ring (bicyclic) bond motifs is 1. The van der Waals surface area contributed by atoms with Crippen LogP contribution in [0, 0.1) is 5.82 Å². The van der Waals surface area contributed by atoms with Crippen molar-refractivity contribution in [3.05, 3.63) is 90.2 Å². The number of anilines is 1. The molecule has 1 aromatic carbocycles. The maximum absolute atomic E-state index is 14.7. The number of pyridine rings is 4. The van der Waals surface area contributed by atoms with Gasteiger partial charge in [0.1, 0.15) is 11.6 Å². The molecule has 0 unspecified atom stereocenters. The highest BCUT2D eigenvalue weighted by atomic mass is 35.5. The number of hydrogen-bond acceptors (Lipinski definition) is 6. The molecule has 0 radical (unpaired) electrons. The van der Waals surface area contributed by atoms with Crippen LogP contribution in [0.2, 0.25) is 5.02 Å². The Balaban J connectivity index is 1.34. The number of piperazine rings is 1. The highest BCUT2D eigenvalue weighted by Gasteiger charge is 2.21. The lowest BCUT2D eigenvalue weighted by molar-refractivity contribution is 0.142. The summed E-state index contributed by atoms with van der Waals surface area (Å²) in [4.78, 5) is 32.8. The third kappa shape index (κ3) is 4.96. The number of benzene rings is 1. The van der Waals surface area contributed by atoms with Crippen LogP contribution in [0.25, 0.3) is 44.5 Å². The topological polar surface area (TPSA) is 95.3 Å². The first kappa shape index (κ1) is 24.7. The van der Waals surface area contributed by atoms with Crippen molar-refractivity contribution >= 4 is 34.5 Å². The molecule has 0 aliphatic carbocycles. The zero-order valence-corrected chi connectivity index (χ0v) is 21.4. The summed E-state index contributed by atoms with van der Waals surface area (Å²) in [5, 5.41) is 10.4. The van der Waals surface area contributed by atoms with E-state index in [0.29, 0.717) is 48.1 Å². The number of carboxylic acid groups (broad SMARTS) is 1. The highest BCUT2D eigenvalue weighted by Crippen LogP contribution is 2.34. The first-order valence-corrected chi connectivity index (χ1v) is 12.7. The van der Waals surface area contributed by atoms with Gasteiger partial charge in [-0.25, -0.2) is 24.1 Å². The molecule has 194 valence electrons. The molecule has 6 rings (SSSR count). The molecule has 8 nitrogen and oxygen atoms in total. The minimum atomic E-state index is -0.895. The Morgan fingerprint density at radius 2 is 1.69 bits per heavy atom. The molecule has 1 fully saturated rings. The molecule has 5 heterocycles. The lowest BCUT2D eigenvalue weighted by Gasteiger charge is -2.33. The second-order valence-corrected chi connectivity index (χ2v) is 9.61. The van der Waals surface area contributed by atoms with Crippen molar-refractivity contribution in [2.24, 2.45) is 0 Å². The van der Waals surface area contributed by atoms with E-state index >= 15 is 0 Å². The van der Waals surface area contributed by atoms with Crippen molar-refractivity contribution in [3.63, 3.8) is 0 Å². The molecule has 4 aromatic heterocycles. The first-order chi connectivity index (χ1) is 19.0. The van der Waals surface area contributed by atoms with E-state index in [1.54, 1.807) is 30.9 Å². The Morgan fingerprint density at radius 1 is 0.872 bits per heavy atom. The number of rotatable bonds is 4. The first-order valence-electron chi connectivity index (χ1n) is 12.3. The van der Waals surface area contributed by atoms with Crippen molar-refractivity contribution in [3.8, 4) is 33.5 Å². The molecule has 0 bridgehead atoms. The number of nitrogens with zero attached hydrogens (tertiary/aromatic N) is 6. The molecule has 1 N–H and O–H groups in total. The predicted octanol–water partition coefficient (Wildman–Crippen LogP) is 6.01. The summed E-state index contributed by atoms with van der Waals surface area (Å²) in [6.07, 6.45) is 6.07. The average Bonchev–Trinajstić information content (AvgIpc) is 2.98. The summed E-state index contributed by atoms with van der Waals surface area (Å²) in [5.74, 6) is 0.378. The van der Waals surface area contributed by atoms with Crippen LogP contribution >= 0.6 is 11.6 Å². The van der Waals surface area contributed by atoms with Gasteiger partial charge in [-0.3, -0.25) is 4.98 Å². The molecule has 5 aromatic rings. The third-order valence-electron chi connectivity index (χ3n) is 6.79. The quantitative estimate of drug-likeness (QED) is 0.298. The lowest BCUT2D eigenvalue weighted by Crippen LogP contribution is -2.48. The van der Waals surface area contributed by atoms with E-state index in [1.165, 1.54) is 17.0 Å². The van der Waals surface area contributed by atoms with E-state index in [0.717, 1.165) is 33.5 Å². The van der Waals surface area contributed by atoms with Gasteiger partial charge < -0.3 is 14.9 Å². The zero-order valence-electron chi connectivity index (χ0n) is 20.6. The Morgan fingerprint density at radius 3 is 2.46 bits per heavy atom. The minimum absolute atomic E-state index is 0.296. The van der Waals surface area contributed by atoms with Gasteiger partial charge in [0.2, 0.25) is 0 Å². The Hall–Kier alpha value is -4.63. The fourth-order valence-electron chi connectivity index (χ4n) is 4.74. The Kier molecular flexibility index (Phi) is 6.50. The molecule has 0 spiro atoms. The van der Waals surface area contributed by atoms with Crippen molar-refractivity contribution in [2.75, 3.05) is 31.1 Å². The van der Waals surface area contributed by atoms with E-state index in [-0.39, 0.29) is 0 Å². The number of aromatic nitrogens is 4. The predicted molar refractivity (Wildman–Crippen MR) is 148 cm³/mol. The van der Waals surface area contributed by atoms with Gasteiger partial charge in [-0.15, -0.1) is 0 Å². The van der Waals surface area contributed by atoms with E-state index in [1.807, 2.05) is 36.4 Å². The van der Waals surface area contributed by atoms with Gasteiger partial charge in [0.05, 0.1) is 5.69 Å². The Labute approximate surface area is 228 Å². The van der Waals surface area contributed by atoms with Gasteiger partial charge in [0, 0.05) is 83.6 Å². The molecule has 1 aliphatic heterocycles. The van der Waals surface area contributed by atoms with Gasteiger partial charge in [-0.1, -0.05) is 11.6 Å². The van der Waals surface area contributed by atoms with Crippen molar-refractivity contribution in [1.29, 1.82) is 0 Å². The summed E-state index contributed by atoms with van der Waals surface area (Å²) in [6.45, 7) is 2.07. The van der Waals surface area contributed by atoms with Crippen LogP contribution < -0.4 is 4.90 Å². The number of amides is 1. The van der Waals surface area contributed by atoms with E-state index in [4.69, 9.17) is 11.6 Å². The molecule has 39 heavy (non-hydrogen) atoms. The number of carbonyl (C=O) groups is 1. The SMILES string of the molecule is O=C(O)N1CCN(c2ccc(-c3cncc(-c4cc(-c5cc(Cl)ccc5F)nc5ncccc45)c3)cn2)CC1. The lowest BCUT2D eigenvalue weighted by atomic mass is 9.98. The highest BCUT2D eigenvalue weighted by molar-refractivity contribution is 6.30. The second kappa shape index (κ2) is 10.3. The van der Waals surface area contributed by atoms with Gasteiger partial charge in [-0.05, 0) is 60.2 Å². The van der Waals surface area contributed by atoms with Crippen LogP contribution in [-0.4, -0.2) is 62.2 Å². The van der Waals surface area contributed by atoms with Gasteiger partial charge in [0.15, 0.2) is 5.65 Å². The molecular formula is C29H22ClFN6O2. The second-order valence-electron chi connectivity index (χ2n) is 9.18. The van der Waals surface area contributed by atoms with Gasteiger partial charge >= 0.3 is 6.09 Å². The maximum atomic E-state index is 14.7. The summed E-state index contributed by atoms with van der Waals surface area (Å²) < 4.78 is 14.7. The summed E-state index contributed by atoms with van der Waals surface area (Å²) in [7, 11) is 0. The van der Waals surface area contributed by atoms with Crippen LogP contribution in [0.1, 0.15) is 0 Å². The van der Waals surface area contributed by atoms with Crippen molar-refractivity contribution in [1.82, 2.24) is 24.8 Å². The van der Waals surface area contributed by atoms with Crippen LogP contribution in [0.5, 0.6) is 0 Å². The monoisotopic (exact) mass is 540 g/mol. The maximum Gasteiger partial charge on any atom is 0.407 e. The number of halogens is 2. The van der Waals surface area contributed by atoms with Crippen LogP contribution in [-0.2, 0) is 0 Å². The van der Waals surface area contributed by atoms with Gasteiger partial charge in [0.25, 0.3) is 0 Å². The van der Waals surface area contributed by atoms with Crippen LogP contribution in [0.15, 0.2) is 79.4 Å². The standard InChI is InChI=1S/C29H22ClFN6O2/c30-21-4-5-25(31)24(13-21)26-14-23(22-2-1-7-33-28(22)35-26)20-12-19(15-32-16-20)18-3-6-27(34-17-18)36-8-10-37(11-9-36)29(38)39/h1-7,12-17H,8-11H2,(H,38,39). The molecule has 1 saturated heterocycles. The van der Waals surface area contributed by atoms with E-state index in [2.05, 4.69) is 24.8 Å². The van der Waals surface area contributed by atoms with Crippen LogP contribution in [0.4, 0.5) is 15.0 Å². The molecule has 1 amide bonds. The summed E-state index contributed by atoms with van der Waals surface area (Å²) >= 11 is 6.16. The molecule has 10 heteroatoms. The fraction of sp³-hybridized carbons (Fsp3) is 0.138. The normalized spacial score (nSPS) is 13.6. The van der Waals surface area contributed by atoms with E-state index < -0.39 is 11.9 Å². The fourth-order valence-corrected chi connectivity index (χ4v) is 4.92. The van der Waals surface area contributed by atoms with Crippen LogP contribution in [0.3, 0.4) is 0 Å². The number of hydrogen-bond donors (Lipinski definition) is 1. The van der Waals surface area contributed by atoms with Crippen molar-refractivity contribution < 1.29 is 14.3 Å². The minimum Gasteiger partial charge on any atom is -0.465 e. The Bertz CT molecular complexity index is 1690. The van der Waals surface area contributed by atoms with Crippen molar-refractivity contribution in [2.45, 2.75) is 0 Å². The summed E-state index contributed by atoms with van der Waals surface area (Å²) in [6, 6.07) is 15.9. The molecule has 1 aliphatic rings. The molecular weight excluding hydrogens is 519 g/mol. The smallest absolute Gasteiger partial charge is 0.407 e. The summed E-state index contributed by atoms with van der Waals surface area (Å²) in [5.41, 5.74) is 4.61.